The molecule has 1 rings (SSSR count). The van der Waals surface area contributed by atoms with Crippen LogP contribution in [0.15, 0.2) is 24.3 Å². The van der Waals surface area contributed by atoms with Gasteiger partial charge in [0.25, 0.3) is 0 Å². The van der Waals surface area contributed by atoms with Gasteiger partial charge in [-0.1, -0.05) is 23.7 Å². The second-order valence-corrected chi connectivity index (χ2v) is 4.83. The maximum atomic E-state index is 12.5. The predicted octanol–water partition coefficient (Wildman–Crippen LogP) is 4.03. The number of hydrogen-bond acceptors (Lipinski definition) is 2. The van der Waals surface area contributed by atoms with Crippen LogP contribution in [-0.4, -0.2) is 24.7 Å². The zero-order valence-corrected chi connectivity index (χ0v) is 11.3. The first kappa shape index (κ1) is 15.8. The van der Waals surface area contributed by atoms with Crippen LogP contribution in [0.2, 0.25) is 5.02 Å². The monoisotopic (exact) mass is 290 g/mol. The molecule has 0 spiro atoms. The molecular formula is C13H14ClF3N2. The molecule has 1 aromatic rings. The highest BCUT2D eigenvalue weighted by Crippen LogP contribution is 2.29. The summed E-state index contributed by atoms with van der Waals surface area (Å²) in [4.78, 5) is 1.50. The van der Waals surface area contributed by atoms with Gasteiger partial charge in [-0.2, -0.15) is 18.4 Å². The molecule has 0 fully saturated rings. The van der Waals surface area contributed by atoms with Gasteiger partial charge in [-0.25, -0.2) is 0 Å². The SMILES string of the molecule is CC(c1ccc(Cl)cc1)N(C)CC(C#N)C(F)(F)F. The largest absolute Gasteiger partial charge is 0.405 e. The molecule has 0 saturated heterocycles. The van der Waals surface area contributed by atoms with Gasteiger partial charge in [-0.05, 0) is 31.7 Å². The lowest BCUT2D eigenvalue weighted by atomic mass is 10.1. The lowest BCUT2D eigenvalue weighted by Gasteiger charge is -2.27. The molecule has 0 N–H and O–H groups in total. The van der Waals surface area contributed by atoms with Gasteiger partial charge in [0.15, 0.2) is 5.92 Å². The maximum absolute atomic E-state index is 12.5. The van der Waals surface area contributed by atoms with Crippen LogP contribution < -0.4 is 0 Å². The molecule has 0 radical (unpaired) electrons. The van der Waals surface area contributed by atoms with E-state index in [-0.39, 0.29) is 12.6 Å². The number of halogens is 4. The summed E-state index contributed by atoms with van der Waals surface area (Å²) in [5, 5.41) is 9.16. The molecule has 2 nitrogen and oxygen atoms in total. The van der Waals surface area contributed by atoms with E-state index >= 15 is 0 Å². The van der Waals surface area contributed by atoms with E-state index in [2.05, 4.69) is 0 Å². The fraction of sp³-hybridized carbons (Fsp3) is 0.462. The topological polar surface area (TPSA) is 27.0 Å². The minimum atomic E-state index is -4.50. The van der Waals surface area contributed by atoms with Gasteiger partial charge < -0.3 is 0 Å². The van der Waals surface area contributed by atoms with Gasteiger partial charge in [0.05, 0.1) is 6.07 Å². The molecule has 0 bridgehead atoms. The van der Waals surface area contributed by atoms with Gasteiger partial charge in [0, 0.05) is 17.6 Å². The third-order valence-electron chi connectivity index (χ3n) is 3.04. The molecule has 6 heteroatoms. The van der Waals surface area contributed by atoms with Crippen molar-refractivity contribution in [2.45, 2.75) is 19.1 Å². The number of nitrogens with zero attached hydrogens (tertiary/aromatic N) is 2. The summed E-state index contributed by atoms with van der Waals surface area (Å²) in [5.74, 6) is -1.98. The van der Waals surface area contributed by atoms with Crippen LogP contribution in [0.5, 0.6) is 0 Å². The van der Waals surface area contributed by atoms with Gasteiger partial charge in [-0.15, -0.1) is 0 Å². The highest BCUT2D eigenvalue weighted by atomic mass is 35.5. The zero-order valence-electron chi connectivity index (χ0n) is 10.6. The number of nitriles is 1. The first-order valence-electron chi connectivity index (χ1n) is 5.67. The van der Waals surface area contributed by atoms with Crippen LogP contribution in [0.25, 0.3) is 0 Å². The van der Waals surface area contributed by atoms with Gasteiger partial charge in [0.1, 0.15) is 0 Å². The minimum absolute atomic E-state index is 0.226. The van der Waals surface area contributed by atoms with Crippen LogP contribution in [0.1, 0.15) is 18.5 Å². The molecule has 1 aromatic carbocycles. The Kier molecular flexibility index (Phi) is 5.21. The molecule has 0 aromatic heterocycles. The van der Waals surface area contributed by atoms with Crippen LogP contribution in [0.4, 0.5) is 13.2 Å². The van der Waals surface area contributed by atoms with E-state index in [9.17, 15) is 13.2 Å². The summed E-state index contributed by atoms with van der Waals surface area (Å²) >= 11 is 5.76. The minimum Gasteiger partial charge on any atom is -0.298 e. The third-order valence-corrected chi connectivity index (χ3v) is 3.29. The molecule has 2 unspecified atom stereocenters. The second-order valence-electron chi connectivity index (χ2n) is 4.39. The zero-order chi connectivity index (χ0) is 14.6. The fourth-order valence-corrected chi connectivity index (χ4v) is 1.79. The average molecular weight is 291 g/mol. The van der Waals surface area contributed by atoms with E-state index in [4.69, 9.17) is 16.9 Å². The molecule has 0 saturated carbocycles. The van der Waals surface area contributed by atoms with Crippen molar-refractivity contribution in [2.24, 2.45) is 5.92 Å². The Balaban J connectivity index is 2.75. The van der Waals surface area contributed by atoms with E-state index in [1.165, 1.54) is 11.0 Å². The smallest absolute Gasteiger partial charge is 0.298 e. The van der Waals surface area contributed by atoms with Crippen molar-refractivity contribution in [2.75, 3.05) is 13.6 Å². The predicted molar refractivity (Wildman–Crippen MR) is 67.7 cm³/mol. The van der Waals surface area contributed by atoms with Crippen molar-refractivity contribution in [3.05, 3.63) is 34.9 Å². The Hall–Kier alpha value is -1.25. The van der Waals surface area contributed by atoms with Crippen molar-refractivity contribution >= 4 is 11.6 Å². The molecule has 0 aliphatic rings. The van der Waals surface area contributed by atoms with Gasteiger partial charge in [0.2, 0.25) is 0 Å². The highest BCUT2D eigenvalue weighted by Gasteiger charge is 2.40. The Morgan fingerprint density at radius 1 is 1.32 bits per heavy atom. The van der Waals surface area contributed by atoms with Gasteiger partial charge in [-0.3, -0.25) is 4.90 Å². The van der Waals surface area contributed by atoms with E-state index in [0.717, 1.165) is 5.56 Å². The van der Waals surface area contributed by atoms with Crippen molar-refractivity contribution < 1.29 is 13.2 Å². The molecule has 19 heavy (non-hydrogen) atoms. The van der Waals surface area contributed by atoms with Gasteiger partial charge >= 0.3 is 6.18 Å². The standard InChI is InChI=1S/C13H14ClF3N2/c1-9(10-3-5-12(14)6-4-10)19(2)8-11(7-18)13(15,16)17/h3-6,9,11H,8H2,1-2H3. The summed E-state index contributed by atoms with van der Waals surface area (Å²) in [5.41, 5.74) is 0.853. The Bertz CT molecular complexity index is 450. The molecule has 0 aliphatic carbocycles. The Morgan fingerprint density at radius 2 is 1.84 bits per heavy atom. The van der Waals surface area contributed by atoms with Crippen molar-refractivity contribution in [1.82, 2.24) is 4.90 Å². The highest BCUT2D eigenvalue weighted by molar-refractivity contribution is 6.30. The summed E-state index contributed by atoms with van der Waals surface area (Å²) in [7, 11) is 1.56. The first-order chi connectivity index (χ1) is 8.75. The number of hydrogen-bond donors (Lipinski definition) is 0. The van der Waals surface area contributed by atoms with Crippen LogP contribution in [0.3, 0.4) is 0 Å². The van der Waals surface area contributed by atoms with Crippen molar-refractivity contribution in [1.29, 1.82) is 5.26 Å². The van der Waals surface area contributed by atoms with Crippen LogP contribution >= 0.6 is 11.6 Å². The normalized spacial score (nSPS) is 15.1. The molecule has 0 amide bonds. The lowest BCUT2D eigenvalue weighted by molar-refractivity contribution is -0.163. The molecule has 2 atom stereocenters. The Labute approximate surface area is 115 Å². The van der Waals surface area contributed by atoms with E-state index in [1.807, 2.05) is 0 Å². The maximum Gasteiger partial charge on any atom is 0.405 e. The summed E-state index contributed by atoms with van der Waals surface area (Å²) in [6.07, 6.45) is -4.50. The van der Waals surface area contributed by atoms with Crippen LogP contribution in [-0.2, 0) is 0 Å². The number of alkyl halides is 3. The summed E-state index contributed by atoms with van der Waals surface area (Å²) < 4.78 is 37.6. The van der Waals surface area contributed by atoms with Crippen LogP contribution in [0, 0.1) is 17.2 Å². The second kappa shape index (κ2) is 6.27. The quantitative estimate of drug-likeness (QED) is 0.837. The molecular weight excluding hydrogens is 277 g/mol. The first-order valence-corrected chi connectivity index (χ1v) is 6.05. The lowest BCUT2D eigenvalue weighted by Crippen LogP contribution is -2.35. The average Bonchev–Trinajstić information content (AvgIpc) is 2.34. The number of benzene rings is 1. The Morgan fingerprint density at radius 3 is 2.26 bits per heavy atom. The third kappa shape index (κ3) is 4.41. The molecule has 0 heterocycles. The number of rotatable bonds is 4. The summed E-state index contributed by atoms with van der Waals surface area (Å²) in [6.45, 7) is 1.43. The molecule has 104 valence electrons. The summed E-state index contributed by atoms with van der Waals surface area (Å²) in [6, 6.07) is 7.97. The fourth-order valence-electron chi connectivity index (χ4n) is 1.66. The van der Waals surface area contributed by atoms with E-state index in [1.54, 1.807) is 38.2 Å². The molecule has 0 aliphatic heterocycles. The van der Waals surface area contributed by atoms with Crippen molar-refractivity contribution in [3.8, 4) is 6.07 Å². The van der Waals surface area contributed by atoms with E-state index in [0.29, 0.717) is 5.02 Å². The van der Waals surface area contributed by atoms with Crippen molar-refractivity contribution in [3.63, 3.8) is 0 Å². The van der Waals surface area contributed by atoms with E-state index < -0.39 is 12.1 Å².